The van der Waals surface area contributed by atoms with Crippen molar-refractivity contribution in [1.29, 1.82) is 0 Å². The van der Waals surface area contributed by atoms with Crippen LogP contribution in [0.4, 0.5) is 11.5 Å². The Morgan fingerprint density at radius 3 is 2.69 bits per heavy atom. The summed E-state index contributed by atoms with van der Waals surface area (Å²) in [6, 6.07) is 5.11. The van der Waals surface area contributed by atoms with Crippen LogP contribution >= 0.6 is 0 Å². The maximum Gasteiger partial charge on any atom is 0.139 e. The number of aromatic amines is 1. The van der Waals surface area contributed by atoms with Gasteiger partial charge in [-0.15, -0.1) is 0 Å². The first kappa shape index (κ1) is 19.7. The number of aryl methyl sites for hydroxylation is 1. The number of H-pyrrole nitrogens is 1. The first-order valence-electron chi connectivity index (χ1n) is 11.0. The van der Waals surface area contributed by atoms with E-state index in [9.17, 15) is 0 Å². The molecule has 1 aliphatic rings. The van der Waals surface area contributed by atoms with Crippen LogP contribution in [0, 0.1) is 0 Å². The third-order valence-electron chi connectivity index (χ3n) is 5.57. The summed E-state index contributed by atoms with van der Waals surface area (Å²) in [5.41, 5.74) is 5.27. The zero-order valence-electron chi connectivity index (χ0n) is 17.8. The molecule has 6 heteroatoms. The van der Waals surface area contributed by atoms with Gasteiger partial charge in [-0.3, -0.25) is 0 Å². The van der Waals surface area contributed by atoms with Gasteiger partial charge in [-0.1, -0.05) is 32.6 Å². The molecule has 4 rings (SSSR count). The minimum atomic E-state index is 0.319. The van der Waals surface area contributed by atoms with Crippen molar-refractivity contribution in [3.8, 4) is 11.3 Å². The molecule has 1 saturated carbocycles. The van der Waals surface area contributed by atoms with Gasteiger partial charge in [0.15, 0.2) is 0 Å². The lowest BCUT2D eigenvalue weighted by Gasteiger charge is -2.25. The predicted octanol–water partition coefficient (Wildman–Crippen LogP) is 5.54. The molecule has 0 radical (unpaired) electrons. The number of nitrogens with one attached hydrogen (secondary N) is 3. The van der Waals surface area contributed by atoms with Crippen LogP contribution in [0.15, 0.2) is 24.7 Å². The van der Waals surface area contributed by atoms with Crippen molar-refractivity contribution in [2.24, 2.45) is 0 Å². The van der Waals surface area contributed by atoms with Crippen LogP contribution in [0.3, 0.4) is 0 Å². The summed E-state index contributed by atoms with van der Waals surface area (Å²) in [4.78, 5) is 17.2. The van der Waals surface area contributed by atoms with Gasteiger partial charge < -0.3 is 15.6 Å². The largest absolute Gasteiger partial charge is 0.381 e. The first-order chi connectivity index (χ1) is 14.1. The zero-order valence-corrected chi connectivity index (χ0v) is 17.8. The Labute approximate surface area is 173 Å². The average molecular weight is 393 g/mol. The Morgan fingerprint density at radius 1 is 1.10 bits per heavy atom. The van der Waals surface area contributed by atoms with Crippen molar-refractivity contribution >= 4 is 22.5 Å². The van der Waals surface area contributed by atoms with Crippen LogP contribution < -0.4 is 10.6 Å². The maximum atomic E-state index is 4.73. The molecule has 0 amide bonds. The van der Waals surface area contributed by atoms with Gasteiger partial charge >= 0.3 is 0 Å². The highest BCUT2D eigenvalue weighted by atomic mass is 15.0. The Morgan fingerprint density at radius 2 is 1.93 bits per heavy atom. The molecule has 3 N–H and O–H groups in total. The molecule has 3 aromatic rings. The second-order valence-corrected chi connectivity index (χ2v) is 8.42. The molecule has 0 saturated heterocycles. The van der Waals surface area contributed by atoms with Crippen molar-refractivity contribution < 1.29 is 0 Å². The van der Waals surface area contributed by atoms with E-state index in [1.165, 1.54) is 37.8 Å². The molecule has 3 aromatic heterocycles. The first-order valence-corrected chi connectivity index (χ1v) is 11.0. The number of aromatic nitrogens is 4. The molecule has 0 spiro atoms. The van der Waals surface area contributed by atoms with Gasteiger partial charge in [0.05, 0.1) is 11.4 Å². The van der Waals surface area contributed by atoms with Crippen molar-refractivity contribution in [2.75, 3.05) is 10.6 Å². The number of rotatable bonds is 7. The van der Waals surface area contributed by atoms with Crippen molar-refractivity contribution in [3.05, 3.63) is 30.4 Å². The van der Waals surface area contributed by atoms with Crippen LogP contribution in [0.2, 0.25) is 0 Å². The minimum Gasteiger partial charge on any atom is -0.381 e. The Hall–Kier alpha value is -2.63. The van der Waals surface area contributed by atoms with E-state index in [2.05, 4.69) is 52.4 Å². The van der Waals surface area contributed by atoms with Crippen LogP contribution in [-0.4, -0.2) is 32.0 Å². The van der Waals surface area contributed by atoms with Gasteiger partial charge in [0, 0.05) is 41.0 Å². The molecular formula is C23H32N6. The lowest BCUT2D eigenvalue weighted by Crippen LogP contribution is -2.22. The van der Waals surface area contributed by atoms with Crippen LogP contribution in [0.25, 0.3) is 22.3 Å². The minimum absolute atomic E-state index is 0.319. The third kappa shape index (κ3) is 4.52. The number of hydrogen-bond acceptors (Lipinski definition) is 5. The van der Waals surface area contributed by atoms with Gasteiger partial charge in [0.2, 0.25) is 0 Å². The number of nitrogens with zero attached hydrogens (tertiary/aromatic N) is 3. The SMILES string of the molecule is CCCc1cc2c(NC3CCCCC3)c(-c3cc(NC(C)C)ncn3)cnc2[nH]1. The summed E-state index contributed by atoms with van der Waals surface area (Å²) in [6.45, 7) is 6.43. The van der Waals surface area contributed by atoms with Crippen LogP contribution in [0.5, 0.6) is 0 Å². The molecule has 3 heterocycles. The van der Waals surface area contributed by atoms with Crippen LogP contribution in [0.1, 0.15) is 65.0 Å². The van der Waals surface area contributed by atoms with E-state index in [4.69, 9.17) is 4.98 Å². The fourth-order valence-electron chi connectivity index (χ4n) is 4.21. The second-order valence-electron chi connectivity index (χ2n) is 8.42. The summed E-state index contributed by atoms with van der Waals surface area (Å²) in [6.07, 6.45) is 12.1. The van der Waals surface area contributed by atoms with E-state index < -0.39 is 0 Å². The van der Waals surface area contributed by atoms with E-state index >= 15 is 0 Å². The van der Waals surface area contributed by atoms with Gasteiger partial charge in [-0.25, -0.2) is 15.0 Å². The van der Waals surface area contributed by atoms with Crippen LogP contribution in [-0.2, 0) is 6.42 Å². The lowest BCUT2D eigenvalue weighted by atomic mass is 9.94. The van der Waals surface area contributed by atoms with Gasteiger partial charge in [0.25, 0.3) is 0 Å². The molecule has 1 fully saturated rings. The van der Waals surface area contributed by atoms with E-state index in [0.717, 1.165) is 46.6 Å². The van der Waals surface area contributed by atoms with E-state index in [1.54, 1.807) is 6.33 Å². The molecule has 29 heavy (non-hydrogen) atoms. The van der Waals surface area contributed by atoms with Gasteiger partial charge in [-0.05, 0) is 39.2 Å². The Balaban J connectivity index is 1.78. The topological polar surface area (TPSA) is 78.5 Å². The Kier molecular flexibility index (Phi) is 5.97. The third-order valence-corrected chi connectivity index (χ3v) is 5.57. The lowest BCUT2D eigenvalue weighted by molar-refractivity contribution is 0.463. The van der Waals surface area contributed by atoms with E-state index in [-0.39, 0.29) is 0 Å². The fraction of sp³-hybridized carbons (Fsp3) is 0.522. The molecule has 1 aliphatic carbocycles. The summed E-state index contributed by atoms with van der Waals surface area (Å²) in [5.74, 6) is 0.842. The normalized spacial score (nSPS) is 15.2. The van der Waals surface area contributed by atoms with Crippen molar-refractivity contribution in [2.45, 2.75) is 77.8 Å². The number of pyridine rings is 1. The molecule has 0 unspecified atom stereocenters. The number of anilines is 2. The van der Waals surface area contributed by atoms with Gasteiger partial charge in [0.1, 0.15) is 17.8 Å². The molecular weight excluding hydrogens is 360 g/mol. The molecule has 0 aliphatic heterocycles. The summed E-state index contributed by atoms with van der Waals surface area (Å²) in [7, 11) is 0. The summed E-state index contributed by atoms with van der Waals surface area (Å²) < 4.78 is 0. The smallest absolute Gasteiger partial charge is 0.139 e. The van der Waals surface area contributed by atoms with Gasteiger partial charge in [-0.2, -0.15) is 0 Å². The quantitative estimate of drug-likeness (QED) is 0.492. The molecule has 6 nitrogen and oxygen atoms in total. The van der Waals surface area contributed by atoms with Crippen molar-refractivity contribution in [1.82, 2.24) is 19.9 Å². The highest BCUT2D eigenvalue weighted by Crippen LogP contribution is 2.36. The summed E-state index contributed by atoms with van der Waals surface area (Å²) in [5, 5.41) is 8.40. The fourth-order valence-corrected chi connectivity index (χ4v) is 4.21. The number of fused-ring (bicyclic) bond motifs is 1. The van der Waals surface area contributed by atoms with E-state index in [1.807, 2.05) is 12.3 Å². The Bertz CT molecular complexity index is 955. The van der Waals surface area contributed by atoms with Crippen molar-refractivity contribution in [3.63, 3.8) is 0 Å². The highest BCUT2D eigenvalue weighted by molar-refractivity contribution is 5.98. The maximum absolute atomic E-state index is 4.73. The standard InChI is InChI=1S/C23H32N6/c1-4-8-17-11-18-22(28-16-9-6-5-7-10-16)19(13-24-23(18)29-17)20-12-21(26-14-25-20)27-15(2)3/h11-16H,4-10H2,1-3H3,(H2,24,28,29)(H,25,26,27). The highest BCUT2D eigenvalue weighted by Gasteiger charge is 2.19. The molecule has 0 atom stereocenters. The number of hydrogen-bond donors (Lipinski definition) is 3. The molecule has 0 bridgehead atoms. The summed E-state index contributed by atoms with van der Waals surface area (Å²) >= 11 is 0. The average Bonchev–Trinajstić information content (AvgIpc) is 3.12. The molecule has 154 valence electrons. The zero-order chi connectivity index (χ0) is 20.2. The predicted molar refractivity (Wildman–Crippen MR) is 120 cm³/mol. The molecule has 0 aromatic carbocycles. The second kappa shape index (κ2) is 8.80. The monoisotopic (exact) mass is 392 g/mol. The van der Waals surface area contributed by atoms with E-state index in [0.29, 0.717) is 12.1 Å².